The van der Waals surface area contributed by atoms with E-state index in [0.29, 0.717) is 5.82 Å². The summed E-state index contributed by atoms with van der Waals surface area (Å²) in [4.78, 5) is 21.5. The molecule has 2 N–H and O–H groups in total. The molecule has 4 heterocycles. The summed E-state index contributed by atoms with van der Waals surface area (Å²) in [5.41, 5.74) is 8.98. The van der Waals surface area contributed by atoms with Crippen LogP contribution in [0.1, 0.15) is 41.2 Å². The van der Waals surface area contributed by atoms with Gasteiger partial charge >= 0.3 is 0 Å². The molecular formula is C22H28N6S. The predicted molar refractivity (Wildman–Crippen MR) is 118 cm³/mol. The Bertz CT molecular complexity index is 978. The minimum absolute atomic E-state index is 0.679. The van der Waals surface area contributed by atoms with Crippen LogP contribution in [0.5, 0.6) is 0 Å². The van der Waals surface area contributed by atoms with Crippen molar-refractivity contribution in [3.8, 4) is 0 Å². The molecule has 6 nitrogen and oxygen atoms in total. The topological polar surface area (TPSA) is 71.2 Å². The number of hydrogen-bond donors (Lipinski definition) is 1. The summed E-state index contributed by atoms with van der Waals surface area (Å²) < 4.78 is 0. The molecule has 1 aliphatic heterocycles. The van der Waals surface area contributed by atoms with Gasteiger partial charge in [0, 0.05) is 43.8 Å². The van der Waals surface area contributed by atoms with Crippen molar-refractivity contribution in [3.05, 3.63) is 46.4 Å². The first-order valence-corrected chi connectivity index (χ1v) is 11.5. The van der Waals surface area contributed by atoms with Gasteiger partial charge in [-0.15, -0.1) is 11.3 Å². The average Bonchev–Trinajstić information content (AvgIpc) is 2.92. The van der Waals surface area contributed by atoms with Crippen LogP contribution >= 0.6 is 11.3 Å². The number of fused-ring (bicyclic) bond motifs is 3. The van der Waals surface area contributed by atoms with Crippen LogP contribution in [0.15, 0.2) is 24.4 Å². The van der Waals surface area contributed by atoms with Crippen LogP contribution in [0, 0.1) is 0 Å². The van der Waals surface area contributed by atoms with E-state index in [-0.39, 0.29) is 0 Å². The molecule has 0 spiro atoms. The summed E-state index contributed by atoms with van der Waals surface area (Å²) in [6, 6.07) is 6.12. The van der Waals surface area contributed by atoms with Crippen LogP contribution in [-0.4, -0.2) is 50.9 Å². The summed E-state index contributed by atoms with van der Waals surface area (Å²) >= 11 is 1.84. The van der Waals surface area contributed by atoms with E-state index in [2.05, 4.69) is 26.9 Å². The lowest BCUT2D eigenvalue weighted by Gasteiger charge is -2.34. The Morgan fingerprint density at radius 2 is 1.72 bits per heavy atom. The quantitative estimate of drug-likeness (QED) is 0.668. The van der Waals surface area contributed by atoms with Gasteiger partial charge in [0.05, 0.1) is 17.6 Å². The average molecular weight is 409 g/mol. The molecule has 3 aromatic heterocycles. The Hall–Kier alpha value is -2.09. The van der Waals surface area contributed by atoms with E-state index in [4.69, 9.17) is 15.7 Å². The fourth-order valence-corrected chi connectivity index (χ4v) is 5.79. The Morgan fingerprint density at radius 1 is 0.931 bits per heavy atom. The first kappa shape index (κ1) is 18.9. The maximum absolute atomic E-state index is 6.41. The van der Waals surface area contributed by atoms with E-state index in [1.807, 2.05) is 23.6 Å². The van der Waals surface area contributed by atoms with Gasteiger partial charge in [-0.3, -0.25) is 14.8 Å². The molecule has 1 saturated heterocycles. The van der Waals surface area contributed by atoms with Gasteiger partial charge in [0.1, 0.15) is 16.5 Å². The van der Waals surface area contributed by atoms with Crippen molar-refractivity contribution >= 4 is 27.4 Å². The molecule has 0 unspecified atom stereocenters. The molecule has 152 valence electrons. The standard InChI is InChI=1S/C22H28N6S/c23-21-20-17-7-2-1-3-8-18(17)29-22(20)26-19(25-21)15-28-12-10-27(11-13-28)14-16-6-4-5-9-24-16/h4-6,9H,1-3,7-8,10-15H2,(H2,23,25,26). The van der Waals surface area contributed by atoms with Gasteiger partial charge in [0.2, 0.25) is 0 Å². The highest BCUT2D eigenvalue weighted by Gasteiger charge is 2.22. The number of hydrogen-bond acceptors (Lipinski definition) is 7. The predicted octanol–water partition coefficient (Wildman–Crippen LogP) is 3.26. The van der Waals surface area contributed by atoms with Crippen LogP contribution in [0.3, 0.4) is 0 Å². The number of anilines is 1. The minimum Gasteiger partial charge on any atom is -0.383 e. The zero-order valence-electron chi connectivity index (χ0n) is 16.8. The SMILES string of the molecule is Nc1nc(CN2CCN(Cc3ccccn3)CC2)nc2sc3c(c12)CCCCC3. The van der Waals surface area contributed by atoms with Gasteiger partial charge in [-0.1, -0.05) is 12.5 Å². The number of nitrogen functional groups attached to an aromatic ring is 1. The zero-order chi connectivity index (χ0) is 19.6. The number of thiophene rings is 1. The van der Waals surface area contributed by atoms with Crippen molar-refractivity contribution < 1.29 is 0 Å². The Balaban J connectivity index is 1.25. The normalized spacial score (nSPS) is 18.6. The highest BCUT2D eigenvalue weighted by Crippen LogP contribution is 2.37. The molecule has 0 aromatic carbocycles. The summed E-state index contributed by atoms with van der Waals surface area (Å²) in [5, 5.41) is 1.14. The van der Waals surface area contributed by atoms with Crippen LogP contribution in [0.2, 0.25) is 0 Å². The number of pyridine rings is 1. The molecule has 3 aromatic rings. The largest absolute Gasteiger partial charge is 0.383 e. The molecule has 29 heavy (non-hydrogen) atoms. The fraction of sp³-hybridized carbons (Fsp3) is 0.500. The number of aromatic nitrogens is 3. The van der Waals surface area contributed by atoms with Gasteiger partial charge in [-0.25, -0.2) is 9.97 Å². The highest BCUT2D eigenvalue weighted by molar-refractivity contribution is 7.19. The maximum Gasteiger partial charge on any atom is 0.146 e. The molecule has 0 radical (unpaired) electrons. The lowest BCUT2D eigenvalue weighted by Crippen LogP contribution is -2.45. The summed E-state index contributed by atoms with van der Waals surface area (Å²) in [7, 11) is 0. The molecular weight excluding hydrogens is 380 g/mol. The minimum atomic E-state index is 0.679. The van der Waals surface area contributed by atoms with Crippen molar-refractivity contribution in [1.82, 2.24) is 24.8 Å². The van der Waals surface area contributed by atoms with Crippen LogP contribution in [0.4, 0.5) is 5.82 Å². The van der Waals surface area contributed by atoms with Crippen LogP contribution < -0.4 is 5.73 Å². The van der Waals surface area contributed by atoms with Crippen LogP contribution in [-0.2, 0) is 25.9 Å². The first-order chi connectivity index (χ1) is 14.3. The molecule has 1 fully saturated rings. The van der Waals surface area contributed by atoms with E-state index in [1.165, 1.54) is 36.1 Å². The molecule has 0 atom stereocenters. The molecule has 2 aliphatic rings. The van der Waals surface area contributed by atoms with Gasteiger partial charge in [0.15, 0.2) is 0 Å². The number of nitrogens with zero attached hydrogens (tertiary/aromatic N) is 5. The van der Waals surface area contributed by atoms with Crippen molar-refractivity contribution in [2.24, 2.45) is 0 Å². The second kappa shape index (κ2) is 8.34. The molecule has 7 heteroatoms. The number of nitrogens with two attached hydrogens (primary N) is 1. The lowest BCUT2D eigenvalue weighted by molar-refractivity contribution is 0.119. The van der Waals surface area contributed by atoms with Gasteiger partial charge in [-0.05, 0) is 43.4 Å². The highest BCUT2D eigenvalue weighted by atomic mass is 32.1. The first-order valence-electron chi connectivity index (χ1n) is 10.7. The zero-order valence-corrected chi connectivity index (χ0v) is 17.6. The van der Waals surface area contributed by atoms with E-state index < -0.39 is 0 Å². The van der Waals surface area contributed by atoms with Gasteiger partial charge < -0.3 is 5.73 Å². The number of piperazine rings is 1. The third-order valence-corrected chi connectivity index (χ3v) is 7.27. The van der Waals surface area contributed by atoms with Crippen molar-refractivity contribution in [2.45, 2.75) is 45.2 Å². The molecule has 5 rings (SSSR count). The van der Waals surface area contributed by atoms with Crippen LogP contribution in [0.25, 0.3) is 10.2 Å². The third kappa shape index (κ3) is 4.13. The van der Waals surface area contributed by atoms with Crippen molar-refractivity contribution in [1.29, 1.82) is 0 Å². The molecule has 0 bridgehead atoms. The van der Waals surface area contributed by atoms with E-state index in [0.717, 1.165) is 67.4 Å². The second-order valence-corrected chi connectivity index (χ2v) is 9.23. The molecule has 0 amide bonds. The number of rotatable bonds is 4. The third-order valence-electron chi connectivity index (χ3n) is 6.08. The van der Waals surface area contributed by atoms with Gasteiger partial charge in [0.25, 0.3) is 0 Å². The van der Waals surface area contributed by atoms with E-state index >= 15 is 0 Å². The monoisotopic (exact) mass is 408 g/mol. The molecule has 0 saturated carbocycles. The van der Waals surface area contributed by atoms with Crippen molar-refractivity contribution in [3.63, 3.8) is 0 Å². The van der Waals surface area contributed by atoms with Gasteiger partial charge in [-0.2, -0.15) is 0 Å². The Labute approximate surface area is 175 Å². The van der Waals surface area contributed by atoms with E-state index in [9.17, 15) is 0 Å². The summed E-state index contributed by atoms with van der Waals surface area (Å²) in [6.07, 6.45) is 8.01. The van der Waals surface area contributed by atoms with E-state index in [1.54, 1.807) is 0 Å². The molecule has 1 aliphatic carbocycles. The second-order valence-electron chi connectivity index (χ2n) is 8.14. The summed E-state index contributed by atoms with van der Waals surface area (Å²) in [5.74, 6) is 1.54. The smallest absolute Gasteiger partial charge is 0.146 e. The Kier molecular flexibility index (Phi) is 5.44. The van der Waals surface area contributed by atoms with Crippen molar-refractivity contribution in [2.75, 3.05) is 31.9 Å². The number of aryl methyl sites for hydroxylation is 2. The Morgan fingerprint density at radius 3 is 2.52 bits per heavy atom. The maximum atomic E-state index is 6.41. The summed E-state index contributed by atoms with van der Waals surface area (Å²) in [6.45, 7) is 5.83. The lowest BCUT2D eigenvalue weighted by atomic mass is 10.1. The fourth-order valence-electron chi connectivity index (χ4n) is 4.51.